The smallest absolute Gasteiger partial charge is 0.481 e. The lowest BCUT2D eigenvalue weighted by atomic mass is 10.1. The molecule has 0 aliphatic heterocycles. The summed E-state index contributed by atoms with van der Waals surface area (Å²) in [6, 6.07) is 5.73. The molecule has 0 heterocycles. The van der Waals surface area contributed by atoms with E-state index in [0.29, 0.717) is 25.2 Å². The van der Waals surface area contributed by atoms with Gasteiger partial charge >= 0.3 is 15.6 Å². The molecule has 0 radical (unpaired) electrons. The van der Waals surface area contributed by atoms with E-state index in [1.807, 2.05) is 13.0 Å². The maximum atomic E-state index is 12.8. The van der Waals surface area contributed by atoms with Crippen molar-refractivity contribution in [3.63, 3.8) is 0 Å². The highest BCUT2D eigenvalue weighted by Crippen LogP contribution is 2.57. The van der Waals surface area contributed by atoms with Crippen molar-refractivity contribution < 1.29 is 41.8 Å². The van der Waals surface area contributed by atoms with Gasteiger partial charge in [-0.2, -0.15) is 4.31 Å². The van der Waals surface area contributed by atoms with Crippen molar-refractivity contribution in [2.75, 3.05) is 13.2 Å². The van der Waals surface area contributed by atoms with Gasteiger partial charge in [-0.15, -0.1) is 0 Å². The molecule has 1 aromatic carbocycles. The molecule has 1 unspecified atom stereocenters. The van der Waals surface area contributed by atoms with Crippen LogP contribution in [0.25, 0.3) is 0 Å². The normalized spacial score (nSPS) is 15.5. The van der Waals surface area contributed by atoms with Crippen LogP contribution in [0, 0.1) is 5.82 Å². The lowest BCUT2D eigenvalue weighted by Crippen LogP contribution is -1.98. The summed E-state index contributed by atoms with van der Waals surface area (Å²) in [5.74, 6) is 0.245. The summed E-state index contributed by atoms with van der Waals surface area (Å²) in [7, 11) is -9.92. The van der Waals surface area contributed by atoms with Crippen LogP contribution in [0.2, 0.25) is 0 Å². The van der Waals surface area contributed by atoms with Gasteiger partial charge in [0, 0.05) is 0 Å². The zero-order valence-corrected chi connectivity index (χ0v) is 16.7. The summed E-state index contributed by atoms with van der Waals surface area (Å²) in [5.41, 5.74) is 1.84. The standard InChI is InChI=1S/C16H23FO8P2/c1-13(10-11-24-27(21,22)25-26(18,19)20)4-3-5-14(2)12-23-16-8-6-15(17)7-9-16/h5-10H,3-4,11-12H2,1-2H3,(H,21,22)(H2,18,19,20)/b13-10+,14-5+. The van der Waals surface area contributed by atoms with Crippen molar-refractivity contribution in [1.82, 2.24) is 0 Å². The molecule has 152 valence electrons. The zero-order chi connectivity index (χ0) is 20.5. The lowest BCUT2D eigenvalue weighted by Gasteiger charge is -2.11. The monoisotopic (exact) mass is 424 g/mol. The number of ether oxygens (including phenoxy) is 1. The van der Waals surface area contributed by atoms with Crippen LogP contribution in [0.4, 0.5) is 4.39 Å². The molecule has 8 nitrogen and oxygen atoms in total. The van der Waals surface area contributed by atoms with E-state index in [4.69, 9.17) is 19.4 Å². The van der Waals surface area contributed by atoms with Crippen molar-refractivity contribution in [3.05, 3.63) is 53.4 Å². The Morgan fingerprint density at radius 1 is 1.07 bits per heavy atom. The average Bonchev–Trinajstić information content (AvgIpc) is 2.52. The van der Waals surface area contributed by atoms with Gasteiger partial charge in [-0.05, 0) is 56.5 Å². The maximum absolute atomic E-state index is 12.8. The highest BCUT2D eigenvalue weighted by Gasteiger charge is 2.31. The van der Waals surface area contributed by atoms with Gasteiger partial charge in [0.15, 0.2) is 0 Å². The van der Waals surface area contributed by atoms with Crippen LogP contribution in [0.3, 0.4) is 0 Å². The maximum Gasteiger partial charge on any atom is 0.481 e. The summed E-state index contributed by atoms with van der Waals surface area (Å²) >= 11 is 0. The predicted octanol–water partition coefficient (Wildman–Crippen LogP) is 4.10. The lowest BCUT2D eigenvalue weighted by molar-refractivity contribution is 0.191. The van der Waals surface area contributed by atoms with E-state index in [9.17, 15) is 13.5 Å². The Kier molecular flexibility index (Phi) is 9.56. The van der Waals surface area contributed by atoms with Crippen LogP contribution in [-0.2, 0) is 18.0 Å². The second-order valence-corrected chi connectivity index (χ2v) is 8.55. The molecule has 3 N–H and O–H groups in total. The molecule has 0 saturated carbocycles. The van der Waals surface area contributed by atoms with Crippen molar-refractivity contribution in [1.29, 1.82) is 0 Å². The van der Waals surface area contributed by atoms with E-state index in [1.165, 1.54) is 18.2 Å². The second-order valence-electron chi connectivity index (χ2n) is 5.72. The Balaban J connectivity index is 2.33. The Morgan fingerprint density at radius 2 is 1.70 bits per heavy atom. The number of phosphoric ester groups is 1. The topological polar surface area (TPSA) is 123 Å². The third-order valence-corrected chi connectivity index (χ3v) is 5.34. The molecule has 0 aliphatic rings. The summed E-state index contributed by atoms with van der Waals surface area (Å²) in [6.07, 6.45) is 4.82. The number of hydrogen-bond acceptors (Lipinski definition) is 5. The van der Waals surface area contributed by atoms with Gasteiger partial charge in [0.05, 0.1) is 6.61 Å². The quantitative estimate of drug-likeness (QED) is 0.358. The minimum Gasteiger partial charge on any atom is -0.489 e. The minimum absolute atomic E-state index is 0.323. The van der Waals surface area contributed by atoms with Gasteiger partial charge in [-0.25, -0.2) is 13.5 Å². The summed E-state index contributed by atoms with van der Waals surface area (Å²) in [4.78, 5) is 26.1. The minimum atomic E-state index is -5.11. The second kappa shape index (κ2) is 10.9. The van der Waals surface area contributed by atoms with E-state index >= 15 is 0 Å². The highest BCUT2D eigenvalue weighted by molar-refractivity contribution is 7.60. The number of hydrogen-bond donors (Lipinski definition) is 3. The summed E-state index contributed by atoms with van der Waals surface area (Å²) < 4.78 is 48.2. The van der Waals surface area contributed by atoms with Gasteiger partial charge in [0.2, 0.25) is 0 Å². The molecule has 0 spiro atoms. The fraction of sp³-hybridized carbons (Fsp3) is 0.375. The molecular weight excluding hydrogens is 401 g/mol. The molecule has 0 saturated heterocycles. The number of rotatable bonds is 11. The van der Waals surface area contributed by atoms with Crippen LogP contribution in [0.1, 0.15) is 26.7 Å². The van der Waals surface area contributed by atoms with Crippen LogP contribution in [0.5, 0.6) is 5.75 Å². The van der Waals surface area contributed by atoms with Gasteiger partial charge in [0.25, 0.3) is 0 Å². The first-order valence-electron chi connectivity index (χ1n) is 7.91. The molecule has 0 aliphatic carbocycles. The molecule has 0 aromatic heterocycles. The first-order chi connectivity index (χ1) is 12.5. The van der Waals surface area contributed by atoms with Crippen LogP contribution in [0.15, 0.2) is 47.6 Å². The van der Waals surface area contributed by atoms with Gasteiger partial charge < -0.3 is 19.4 Å². The van der Waals surface area contributed by atoms with Crippen LogP contribution >= 0.6 is 15.6 Å². The van der Waals surface area contributed by atoms with E-state index in [1.54, 1.807) is 19.1 Å². The van der Waals surface area contributed by atoms with Gasteiger partial charge in [0.1, 0.15) is 18.2 Å². The summed E-state index contributed by atoms with van der Waals surface area (Å²) in [5, 5.41) is 0. The first kappa shape index (κ1) is 23.7. The number of benzene rings is 1. The SMILES string of the molecule is C/C(=C\COP(=O)(O)OP(=O)(O)O)CC/C=C(\C)COc1ccc(F)cc1. The molecule has 1 atom stereocenters. The highest BCUT2D eigenvalue weighted by atomic mass is 31.3. The Labute approximate surface area is 157 Å². The molecule has 0 fully saturated rings. The van der Waals surface area contributed by atoms with Crippen LogP contribution < -0.4 is 4.74 Å². The molecule has 27 heavy (non-hydrogen) atoms. The van der Waals surface area contributed by atoms with E-state index in [-0.39, 0.29) is 12.4 Å². The fourth-order valence-electron chi connectivity index (χ4n) is 1.87. The molecule has 0 amide bonds. The third-order valence-electron chi connectivity index (χ3n) is 3.19. The van der Waals surface area contributed by atoms with Crippen molar-refractivity contribution >= 4 is 15.6 Å². The Hall–Kier alpha value is -1.31. The fourth-order valence-corrected chi connectivity index (χ4v) is 3.39. The molecule has 11 heteroatoms. The molecule has 0 bridgehead atoms. The van der Waals surface area contributed by atoms with Crippen molar-refractivity contribution in [3.8, 4) is 5.75 Å². The van der Waals surface area contributed by atoms with E-state index in [2.05, 4.69) is 8.83 Å². The molecule has 1 aromatic rings. The molecular formula is C16H23FO8P2. The first-order valence-corrected chi connectivity index (χ1v) is 10.9. The predicted molar refractivity (Wildman–Crippen MR) is 97.5 cm³/mol. The van der Waals surface area contributed by atoms with Crippen molar-refractivity contribution in [2.24, 2.45) is 0 Å². The Morgan fingerprint density at radius 3 is 2.30 bits per heavy atom. The number of allylic oxidation sites excluding steroid dienone is 2. The Bertz CT molecular complexity index is 754. The zero-order valence-electron chi connectivity index (χ0n) is 14.9. The van der Waals surface area contributed by atoms with Crippen LogP contribution in [-0.4, -0.2) is 27.9 Å². The van der Waals surface area contributed by atoms with Gasteiger partial charge in [-0.1, -0.05) is 17.7 Å². The number of phosphoric acid groups is 2. The largest absolute Gasteiger partial charge is 0.489 e. The third kappa shape index (κ3) is 11.9. The van der Waals surface area contributed by atoms with E-state index < -0.39 is 15.6 Å². The van der Waals surface area contributed by atoms with Gasteiger partial charge in [-0.3, -0.25) is 4.52 Å². The van der Waals surface area contributed by atoms with E-state index in [0.717, 1.165) is 11.1 Å². The average molecular weight is 424 g/mol. The molecule has 1 rings (SSSR count). The number of halogens is 1. The van der Waals surface area contributed by atoms with Crippen molar-refractivity contribution in [2.45, 2.75) is 26.7 Å². The summed E-state index contributed by atoms with van der Waals surface area (Å²) in [6.45, 7) is 3.72.